The van der Waals surface area contributed by atoms with Gasteiger partial charge in [0.25, 0.3) is 0 Å². The number of quaternary nitrogens is 1. The molecule has 1 aromatic rings. The fourth-order valence-corrected chi connectivity index (χ4v) is 0.835. The Bertz CT molecular complexity index is 278. The lowest BCUT2D eigenvalue weighted by Gasteiger charge is -1.98. The number of hydrogen-bond donors (Lipinski definition) is 2. The van der Waals surface area contributed by atoms with Gasteiger partial charge < -0.3 is 5.73 Å². The number of benzene rings is 1. The summed E-state index contributed by atoms with van der Waals surface area (Å²) < 4.78 is 12.8. The second kappa shape index (κ2) is 2.67. The molecule has 0 heterocycles. The second-order valence-corrected chi connectivity index (χ2v) is 2.13. The number of amides is 1. The highest BCUT2D eigenvalue weighted by Gasteiger charge is 2.13. The Labute approximate surface area is 62.8 Å². The lowest BCUT2D eigenvalue weighted by Crippen LogP contribution is -2.57. The molecule has 0 aliphatic heterocycles. The molecular weight excluding hydrogens is 147 g/mol. The molecule has 0 bridgehead atoms. The maximum atomic E-state index is 12.8. The summed E-state index contributed by atoms with van der Waals surface area (Å²) >= 11 is 0. The lowest BCUT2D eigenvalue weighted by atomic mass is 10.1. The number of anilines is 1. The second-order valence-electron chi connectivity index (χ2n) is 2.13. The van der Waals surface area contributed by atoms with E-state index in [9.17, 15) is 9.18 Å². The lowest BCUT2D eigenvalue weighted by molar-refractivity contribution is -0.255. The summed E-state index contributed by atoms with van der Waals surface area (Å²) in [6.45, 7) is 0. The fraction of sp³-hybridized carbons (Fsp3) is 0. The van der Waals surface area contributed by atoms with Crippen LogP contribution < -0.4 is 11.5 Å². The van der Waals surface area contributed by atoms with Gasteiger partial charge in [-0.2, -0.15) is 0 Å². The average Bonchev–Trinajstić information content (AvgIpc) is 1.85. The molecule has 1 rings (SSSR count). The minimum Gasteiger partial charge on any atom is -0.398 e. The van der Waals surface area contributed by atoms with Crippen molar-refractivity contribution in [3.63, 3.8) is 0 Å². The molecule has 0 aliphatic rings. The summed E-state index contributed by atoms with van der Waals surface area (Å²) in [6, 6.07) is 4.08. The molecule has 0 saturated carbocycles. The molecule has 0 atom stereocenters. The van der Waals surface area contributed by atoms with E-state index in [4.69, 9.17) is 5.73 Å². The van der Waals surface area contributed by atoms with E-state index in [2.05, 4.69) is 5.73 Å². The van der Waals surface area contributed by atoms with Crippen molar-refractivity contribution in [1.29, 1.82) is 0 Å². The topological polar surface area (TPSA) is 70.7 Å². The first kappa shape index (κ1) is 7.68. The molecule has 5 N–H and O–H groups in total. The van der Waals surface area contributed by atoms with Crippen molar-refractivity contribution in [2.45, 2.75) is 0 Å². The van der Waals surface area contributed by atoms with Crippen LogP contribution in [0, 0.1) is 5.82 Å². The molecule has 58 valence electrons. The molecule has 11 heavy (non-hydrogen) atoms. The summed E-state index contributed by atoms with van der Waals surface area (Å²) in [4.78, 5) is 10.7. The smallest absolute Gasteiger partial charge is 0.346 e. The van der Waals surface area contributed by atoms with Crippen LogP contribution in [0.3, 0.4) is 0 Å². The molecule has 1 amide bonds. The van der Waals surface area contributed by atoms with Gasteiger partial charge in [-0.1, -0.05) is 6.07 Å². The first-order valence-corrected chi connectivity index (χ1v) is 3.03. The van der Waals surface area contributed by atoms with Gasteiger partial charge in [-0.05, 0) is 12.1 Å². The van der Waals surface area contributed by atoms with Gasteiger partial charge in [0.05, 0.1) is 5.69 Å². The predicted octanol–water partition coefficient (Wildman–Crippen LogP) is -0.210. The van der Waals surface area contributed by atoms with Crippen LogP contribution in [-0.4, -0.2) is 5.91 Å². The third kappa shape index (κ3) is 1.35. The Balaban J connectivity index is 3.32. The van der Waals surface area contributed by atoms with Crippen LogP contribution in [0.25, 0.3) is 0 Å². The summed E-state index contributed by atoms with van der Waals surface area (Å²) in [6.07, 6.45) is 0. The first-order chi connectivity index (χ1) is 5.13. The van der Waals surface area contributed by atoms with E-state index < -0.39 is 11.7 Å². The first-order valence-electron chi connectivity index (χ1n) is 3.03. The molecule has 0 unspecified atom stereocenters. The molecule has 4 heteroatoms. The molecule has 1 aromatic carbocycles. The van der Waals surface area contributed by atoms with Gasteiger partial charge >= 0.3 is 5.91 Å². The molecule has 0 radical (unpaired) electrons. The quantitative estimate of drug-likeness (QED) is 0.551. The zero-order valence-electron chi connectivity index (χ0n) is 5.80. The Kier molecular flexibility index (Phi) is 1.87. The summed E-state index contributed by atoms with van der Waals surface area (Å²) in [5, 5.41) is 0. The highest BCUT2D eigenvalue weighted by Crippen LogP contribution is 2.13. The molecule has 3 nitrogen and oxygen atoms in total. The van der Waals surface area contributed by atoms with Crippen LogP contribution in [0.15, 0.2) is 18.2 Å². The van der Waals surface area contributed by atoms with E-state index in [1.165, 1.54) is 18.2 Å². The molecule has 0 spiro atoms. The number of nitrogen functional groups attached to an aromatic ring is 1. The van der Waals surface area contributed by atoms with Gasteiger partial charge in [-0.25, -0.2) is 9.18 Å². The van der Waals surface area contributed by atoms with Crippen molar-refractivity contribution in [3.05, 3.63) is 29.6 Å². The van der Waals surface area contributed by atoms with Crippen LogP contribution in [0.4, 0.5) is 10.1 Å². The van der Waals surface area contributed by atoms with Crippen molar-refractivity contribution in [2.75, 3.05) is 5.73 Å². The highest BCUT2D eigenvalue weighted by atomic mass is 19.1. The zero-order valence-corrected chi connectivity index (χ0v) is 5.80. The van der Waals surface area contributed by atoms with E-state index in [-0.39, 0.29) is 11.3 Å². The van der Waals surface area contributed by atoms with Crippen LogP contribution in [-0.2, 0) is 0 Å². The van der Waals surface area contributed by atoms with Crippen molar-refractivity contribution < 1.29 is 14.9 Å². The SMILES string of the molecule is Nc1cccc(F)c1C([NH3+])=O. The number of nitrogens with two attached hydrogens (primary N) is 1. The molecular formula is C7H8FN2O+. The van der Waals surface area contributed by atoms with E-state index in [1.807, 2.05) is 0 Å². The van der Waals surface area contributed by atoms with Gasteiger partial charge in [0.15, 0.2) is 0 Å². The standard InChI is InChI=1S/C7H7FN2O/c8-4-2-1-3-5(9)6(4)7(10)11/h1-3H,9H2,(H2,10,11)/p+1. The van der Waals surface area contributed by atoms with E-state index in [0.717, 1.165) is 0 Å². The number of carbonyl (C=O) groups is 1. The van der Waals surface area contributed by atoms with Crippen LogP contribution in [0.1, 0.15) is 10.4 Å². The Morgan fingerprint density at radius 1 is 1.55 bits per heavy atom. The number of carbonyl (C=O) groups excluding carboxylic acids is 1. The third-order valence-electron chi connectivity index (χ3n) is 1.32. The molecule has 0 fully saturated rings. The Morgan fingerprint density at radius 3 is 2.55 bits per heavy atom. The third-order valence-corrected chi connectivity index (χ3v) is 1.32. The van der Waals surface area contributed by atoms with Gasteiger partial charge in [0.2, 0.25) is 0 Å². The molecule has 0 aromatic heterocycles. The van der Waals surface area contributed by atoms with E-state index >= 15 is 0 Å². The highest BCUT2D eigenvalue weighted by molar-refractivity contribution is 5.92. The number of hydrogen-bond acceptors (Lipinski definition) is 2. The Hall–Kier alpha value is -1.42. The van der Waals surface area contributed by atoms with Gasteiger partial charge in [0, 0.05) is 0 Å². The fourth-order valence-electron chi connectivity index (χ4n) is 0.835. The summed E-state index contributed by atoms with van der Waals surface area (Å²) in [5.41, 5.74) is 8.39. The normalized spacial score (nSPS) is 9.64. The van der Waals surface area contributed by atoms with Gasteiger partial charge in [0.1, 0.15) is 11.4 Å². The average molecular weight is 155 g/mol. The van der Waals surface area contributed by atoms with E-state index in [1.54, 1.807) is 0 Å². The van der Waals surface area contributed by atoms with E-state index in [0.29, 0.717) is 0 Å². The largest absolute Gasteiger partial charge is 0.398 e. The number of rotatable bonds is 1. The monoisotopic (exact) mass is 155 g/mol. The van der Waals surface area contributed by atoms with Crippen molar-refractivity contribution in [3.8, 4) is 0 Å². The number of halogens is 1. The van der Waals surface area contributed by atoms with Crippen LogP contribution in [0.2, 0.25) is 0 Å². The van der Waals surface area contributed by atoms with Crippen LogP contribution in [0.5, 0.6) is 0 Å². The van der Waals surface area contributed by atoms with Crippen LogP contribution >= 0.6 is 0 Å². The van der Waals surface area contributed by atoms with Crippen molar-refractivity contribution in [1.82, 2.24) is 0 Å². The van der Waals surface area contributed by atoms with Crippen molar-refractivity contribution >= 4 is 11.6 Å². The maximum Gasteiger partial charge on any atom is 0.346 e. The minimum atomic E-state index is -0.620. The summed E-state index contributed by atoms with van der Waals surface area (Å²) in [7, 11) is 0. The summed E-state index contributed by atoms with van der Waals surface area (Å²) in [5.74, 6) is -1.22. The molecule has 0 aliphatic carbocycles. The predicted molar refractivity (Wildman–Crippen MR) is 38.0 cm³/mol. The Morgan fingerprint density at radius 2 is 2.18 bits per heavy atom. The maximum absolute atomic E-state index is 12.8. The molecule has 0 saturated heterocycles. The van der Waals surface area contributed by atoms with Gasteiger partial charge in [-0.3, -0.25) is 5.73 Å². The zero-order chi connectivity index (χ0) is 8.43. The van der Waals surface area contributed by atoms with Gasteiger partial charge in [-0.15, -0.1) is 0 Å². The van der Waals surface area contributed by atoms with Crippen molar-refractivity contribution in [2.24, 2.45) is 0 Å². The minimum absolute atomic E-state index is 0.130.